The first-order valence-corrected chi connectivity index (χ1v) is 12.8. The molecule has 0 spiro atoms. The van der Waals surface area contributed by atoms with E-state index in [1.807, 2.05) is 36.1 Å². The molecule has 32 heavy (non-hydrogen) atoms. The molecule has 1 atom stereocenters. The number of amides is 2. The minimum absolute atomic E-state index is 0.0691. The Morgan fingerprint density at radius 2 is 1.72 bits per heavy atom. The minimum Gasteiger partial charge on any atom is -0.339 e. The smallest absolute Gasteiger partial charge is 0.257 e. The van der Waals surface area contributed by atoms with Crippen LogP contribution in [0, 0.1) is 18.3 Å². The first-order valence-electron chi connectivity index (χ1n) is 12.0. The standard InChI is InChI=1S/C27H38N2O2S/c1-7-15-29(16-8-2)26(31)23-21-14-13-20(27(4,5)6)17-22(21)32-25(23)28-24(30)19-11-9-18(3)10-12-19/h9-12,20H,7-8,13-17H2,1-6H3,(H,28,30). The van der Waals surface area contributed by atoms with Crippen LogP contribution in [0.25, 0.3) is 0 Å². The van der Waals surface area contributed by atoms with Gasteiger partial charge in [-0.3, -0.25) is 9.59 Å². The third-order valence-electron chi connectivity index (χ3n) is 6.52. The number of nitrogens with one attached hydrogen (secondary N) is 1. The molecule has 1 aliphatic rings. The number of nitrogens with zero attached hydrogens (tertiary/aromatic N) is 1. The Kier molecular flexibility index (Phi) is 7.81. The number of aryl methyl sites for hydroxylation is 1. The molecule has 1 N–H and O–H groups in total. The van der Waals surface area contributed by atoms with Gasteiger partial charge in [0.1, 0.15) is 5.00 Å². The molecule has 1 aliphatic carbocycles. The van der Waals surface area contributed by atoms with E-state index >= 15 is 0 Å². The molecule has 5 heteroatoms. The number of hydrogen-bond donors (Lipinski definition) is 1. The summed E-state index contributed by atoms with van der Waals surface area (Å²) in [4.78, 5) is 30.0. The van der Waals surface area contributed by atoms with Crippen LogP contribution in [0.5, 0.6) is 0 Å². The van der Waals surface area contributed by atoms with Gasteiger partial charge in [0.2, 0.25) is 0 Å². The average molecular weight is 455 g/mol. The van der Waals surface area contributed by atoms with E-state index in [0.29, 0.717) is 11.5 Å². The summed E-state index contributed by atoms with van der Waals surface area (Å²) in [5, 5.41) is 3.83. The largest absolute Gasteiger partial charge is 0.339 e. The Labute approximate surface area is 197 Å². The first-order chi connectivity index (χ1) is 15.2. The van der Waals surface area contributed by atoms with Gasteiger partial charge < -0.3 is 10.2 Å². The number of thiophene rings is 1. The van der Waals surface area contributed by atoms with Crippen LogP contribution in [-0.4, -0.2) is 29.8 Å². The second-order valence-corrected chi connectivity index (χ2v) is 11.2. The van der Waals surface area contributed by atoms with Crippen molar-refractivity contribution in [2.24, 2.45) is 11.3 Å². The lowest BCUT2D eigenvalue weighted by Crippen LogP contribution is -2.34. The molecule has 0 radical (unpaired) electrons. The number of hydrogen-bond acceptors (Lipinski definition) is 3. The van der Waals surface area contributed by atoms with Gasteiger partial charge in [-0.1, -0.05) is 52.3 Å². The van der Waals surface area contributed by atoms with Crippen molar-refractivity contribution in [2.75, 3.05) is 18.4 Å². The number of fused-ring (bicyclic) bond motifs is 1. The van der Waals surface area contributed by atoms with Crippen molar-refractivity contribution in [2.45, 2.75) is 73.6 Å². The van der Waals surface area contributed by atoms with Crippen LogP contribution < -0.4 is 5.32 Å². The van der Waals surface area contributed by atoms with Gasteiger partial charge in [0.05, 0.1) is 5.56 Å². The molecule has 4 nitrogen and oxygen atoms in total. The highest BCUT2D eigenvalue weighted by atomic mass is 32.1. The lowest BCUT2D eigenvalue weighted by atomic mass is 9.72. The van der Waals surface area contributed by atoms with Gasteiger partial charge in [0, 0.05) is 23.5 Å². The molecular weight excluding hydrogens is 416 g/mol. The summed E-state index contributed by atoms with van der Waals surface area (Å²) in [6, 6.07) is 7.57. The lowest BCUT2D eigenvalue weighted by molar-refractivity contribution is 0.0755. The summed E-state index contributed by atoms with van der Waals surface area (Å²) in [6.45, 7) is 14.6. The van der Waals surface area contributed by atoms with E-state index < -0.39 is 0 Å². The van der Waals surface area contributed by atoms with E-state index in [0.717, 1.165) is 66.9 Å². The molecule has 0 saturated heterocycles. The maximum absolute atomic E-state index is 13.7. The van der Waals surface area contributed by atoms with E-state index in [1.165, 1.54) is 4.88 Å². The Morgan fingerprint density at radius 3 is 2.28 bits per heavy atom. The Hall–Kier alpha value is -2.14. The third kappa shape index (κ3) is 5.43. The van der Waals surface area contributed by atoms with Crippen molar-refractivity contribution in [1.82, 2.24) is 4.90 Å². The van der Waals surface area contributed by atoms with Crippen molar-refractivity contribution >= 4 is 28.2 Å². The molecule has 1 heterocycles. The fourth-order valence-electron chi connectivity index (χ4n) is 4.53. The topological polar surface area (TPSA) is 49.4 Å². The SMILES string of the molecule is CCCN(CCC)C(=O)c1c(NC(=O)c2ccc(C)cc2)sc2c1CCC(C(C)(C)C)C2. The highest BCUT2D eigenvalue weighted by molar-refractivity contribution is 7.17. The fraction of sp³-hybridized carbons (Fsp3) is 0.556. The summed E-state index contributed by atoms with van der Waals surface area (Å²) in [5.74, 6) is 0.502. The molecule has 3 rings (SSSR count). The van der Waals surface area contributed by atoms with Crippen molar-refractivity contribution in [3.05, 3.63) is 51.4 Å². The average Bonchev–Trinajstić information content (AvgIpc) is 3.09. The molecule has 0 saturated carbocycles. The first kappa shape index (κ1) is 24.5. The van der Waals surface area contributed by atoms with Crippen LogP contribution in [0.2, 0.25) is 0 Å². The molecule has 1 aromatic carbocycles. The van der Waals surface area contributed by atoms with Crippen LogP contribution in [0.4, 0.5) is 5.00 Å². The van der Waals surface area contributed by atoms with E-state index in [2.05, 4.69) is 39.9 Å². The predicted molar refractivity (Wildman–Crippen MR) is 135 cm³/mol. The van der Waals surface area contributed by atoms with Crippen molar-refractivity contribution in [3.8, 4) is 0 Å². The molecule has 0 bridgehead atoms. The van der Waals surface area contributed by atoms with Gasteiger partial charge in [0.15, 0.2) is 0 Å². The summed E-state index contributed by atoms with van der Waals surface area (Å²) in [5.41, 5.74) is 3.86. The van der Waals surface area contributed by atoms with Crippen molar-refractivity contribution in [1.29, 1.82) is 0 Å². The maximum Gasteiger partial charge on any atom is 0.257 e. The highest BCUT2D eigenvalue weighted by Crippen LogP contribution is 2.44. The Morgan fingerprint density at radius 1 is 1.09 bits per heavy atom. The van der Waals surface area contributed by atoms with E-state index in [1.54, 1.807) is 11.3 Å². The van der Waals surface area contributed by atoms with E-state index in [-0.39, 0.29) is 17.2 Å². The second kappa shape index (κ2) is 10.2. The van der Waals surface area contributed by atoms with Gasteiger partial charge in [-0.25, -0.2) is 0 Å². The molecular formula is C27H38N2O2S. The van der Waals surface area contributed by atoms with Crippen LogP contribution in [-0.2, 0) is 12.8 Å². The molecule has 1 unspecified atom stereocenters. The van der Waals surface area contributed by atoms with Gasteiger partial charge in [-0.2, -0.15) is 0 Å². The van der Waals surface area contributed by atoms with Crippen molar-refractivity contribution in [3.63, 3.8) is 0 Å². The van der Waals surface area contributed by atoms with Gasteiger partial charge in [0.25, 0.3) is 11.8 Å². The molecule has 1 aromatic heterocycles. The Balaban J connectivity index is 1.99. The van der Waals surface area contributed by atoms with Gasteiger partial charge in [-0.05, 0) is 68.1 Å². The zero-order valence-electron chi connectivity index (χ0n) is 20.5. The summed E-state index contributed by atoms with van der Waals surface area (Å²) in [6.07, 6.45) is 4.82. The minimum atomic E-state index is -0.150. The van der Waals surface area contributed by atoms with Gasteiger partial charge >= 0.3 is 0 Å². The number of carbonyl (C=O) groups excluding carboxylic acids is 2. The van der Waals surface area contributed by atoms with Gasteiger partial charge in [-0.15, -0.1) is 11.3 Å². The predicted octanol–water partition coefficient (Wildman–Crippen LogP) is 6.72. The molecule has 174 valence electrons. The zero-order valence-corrected chi connectivity index (χ0v) is 21.3. The molecule has 0 aliphatic heterocycles. The summed E-state index contributed by atoms with van der Waals surface area (Å²) in [7, 11) is 0. The summed E-state index contributed by atoms with van der Waals surface area (Å²) >= 11 is 1.61. The zero-order chi connectivity index (χ0) is 23.5. The van der Waals surface area contributed by atoms with E-state index in [9.17, 15) is 9.59 Å². The lowest BCUT2D eigenvalue weighted by Gasteiger charge is -2.34. The molecule has 2 aromatic rings. The van der Waals surface area contributed by atoms with E-state index in [4.69, 9.17) is 0 Å². The Bertz CT molecular complexity index is 947. The fourth-order valence-corrected chi connectivity index (χ4v) is 5.85. The van der Waals surface area contributed by atoms with Crippen LogP contribution in [0.1, 0.15) is 90.6 Å². The quantitative estimate of drug-likeness (QED) is 0.505. The normalized spacial score (nSPS) is 15.9. The second-order valence-electron chi connectivity index (χ2n) is 10.1. The highest BCUT2D eigenvalue weighted by Gasteiger charge is 2.35. The number of carbonyl (C=O) groups is 2. The molecule has 2 amide bonds. The number of benzene rings is 1. The molecule has 0 fully saturated rings. The monoisotopic (exact) mass is 454 g/mol. The van der Waals surface area contributed by atoms with Crippen molar-refractivity contribution < 1.29 is 9.59 Å². The third-order valence-corrected chi connectivity index (χ3v) is 7.69. The van der Waals surface area contributed by atoms with Crippen LogP contribution >= 0.6 is 11.3 Å². The van der Waals surface area contributed by atoms with Crippen LogP contribution in [0.15, 0.2) is 24.3 Å². The summed E-state index contributed by atoms with van der Waals surface area (Å²) < 4.78 is 0. The number of anilines is 1. The van der Waals surface area contributed by atoms with Crippen LogP contribution in [0.3, 0.4) is 0 Å². The maximum atomic E-state index is 13.7. The number of rotatable bonds is 7.